The van der Waals surface area contributed by atoms with Gasteiger partial charge in [0.25, 0.3) is 0 Å². The van der Waals surface area contributed by atoms with E-state index in [4.69, 9.17) is 5.11 Å². The molecule has 4 heteroatoms. The van der Waals surface area contributed by atoms with Gasteiger partial charge >= 0.3 is 5.97 Å². The molecule has 1 aliphatic rings. The van der Waals surface area contributed by atoms with Crippen molar-refractivity contribution in [1.82, 2.24) is 0 Å². The minimum Gasteiger partial charge on any atom is -0.481 e. The number of carbonyl (C=O) groups excluding carboxylic acids is 2. The third-order valence-corrected chi connectivity index (χ3v) is 1.51. The van der Waals surface area contributed by atoms with Crippen molar-refractivity contribution in [3.8, 4) is 0 Å². The molecular formula is C12H14O4. The van der Waals surface area contributed by atoms with Crippen molar-refractivity contribution in [1.29, 1.82) is 0 Å². The molecule has 0 atom stereocenters. The molecule has 16 heavy (non-hydrogen) atoms. The van der Waals surface area contributed by atoms with Crippen LogP contribution >= 0.6 is 0 Å². The summed E-state index contributed by atoms with van der Waals surface area (Å²) in [5, 5.41) is 8.12. The quantitative estimate of drug-likeness (QED) is 0.570. The summed E-state index contributed by atoms with van der Waals surface area (Å²) < 4.78 is 0. The Morgan fingerprint density at radius 3 is 1.69 bits per heavy atom. The van der Waals surface area contributed by atoms with Gasteiger partial charge in [-0.1, -0.05) is 11.6 Å². The van der Waals surface area contributed by atoms with E-state index in [1.54, 1.807) is 6.08 Å². The molecule has 0 aromatic rings. The number of aliphatic carboxylic acids is 1. The van der Waals surface area contributed by atoms with Crippen LogP contribution in [-0.4, -0.2) is 22.6 Å². The van der Waals surface area contributed by atoms with Gasteiger partial charge in [-0.05, 0) is 38.2 Å². The Morgan fingerprint density at radius 1 is 1.12 bits per heavy atom. The first-order valence-corrected chi connectivity index (χ1v) is 4.71. The number of carbonyl (C=O) groups is 3. The second-order valence-electron chi connectivity index (χ2n) is 3.35. The maximum Gasteiger partial charge on any atom is 0.307 e. The van der Waals surface area contributed by atoms with Gasteiger partial charge in [0.2, 0.25) is 0 Å². The van der Waals surface area contributed by atoms with Gasteiger partial charge in [-0.3, -0.25) is 14.4 Å². The van der Waals surface area contributed by atoms with Crippen LogP contribution in [0.25, 0.3) is 0 Å². The van der Waals surface area contributed by atoms with Crippen molar-refractivity contribution in [2.45, 2.75) is 20.3 Å². The molecule has 4 nitrogen and oxygen atoms in total. The Kier molecular flexibility index (Phi) is 6.43. The summed E-state index contributed by atoms with van der Waals surface area (Å²) in [5.74, 6) is -1.01. The number of carboxylic acid groups (broad SMARTS) is 1. The van der Waals surface area contributed by atoms with Crippen LogP contribution in [0.15, 0.2) is 36.0 Å². The predicted molar refractivity (Wildman–Crippen MR) is 60.0 cm³/mol. The van der Waals surface area contributed by atoms with Crippen molar-refractivity contribution in [3.05, 3.63) is 36.0 Å². The first-order valence-electron chi connectivity index (χ1n) is 4.71. The third kappa shape index (κ3) is 8.62. The van der Waals surface area contributed by atoms with Gasteiger partial charge in [-0.2, -0.15) is 0 Å². The van der Waals surface area contributed by atoms with E-state index >= 15 is 0 Å². The average Bonchev–Trinajstić information content (AvgIpc) is 2.20. The van der Waals surface area contributed by atoms with Gasteiger partial charge in [0.1, 0.15) is 0 Å². The number of hydrogen-bond acceptors (Lipinski definition) is 3. The molecule has 0 bridgehead atoms. The molecular weight excluding hydrogens is 208 g/mol. The van der Waals surface area contributed by atoms with Crippen molar-refractivity contribution in [2.24, 2.45) is 0 Å². The number of rotatable bonds is 2. The van der Waals surface area contributed by atoms with E-state index in [2.05, 4.69) is 0 Å². The molecule has 0 saturated heterocycles. The maximum atomic E-state index is 10.3. The Morgan fingerprint density at radius 2 is 1.50 bits per heavy atom. The van der Waals surface area contributed by atoms with Crippen LogP contribution in [0.2, 0.25) is 0 Å². The Labute approximate surface area is 94.0 Å². The molecule has 0 fully saturated rings. The van der Waals surface area contributed by atoms with E-state index in [9.17, 15) is 14.4 Å². The molecule has 0 saturated carbocycles. The van der Waals surface area contributed by atoms with E-state index in [0.717, 1.165) is 5.57 Å². The molecule has 1 aliphatic carbocycles. The highest BCUT2D eigenvalue weighted by molar-refractivity contribution is 6.14. The number of hydrogen-bond donors (Lipinski definition) is 1. The normalized spacial score (nSPS) is 12.9. The van der Waals surface area contributed by atoms with Gasteiger partial charge in [0.15, 0.2) is 11.6 Å². The predicted octanol–water partition coefficient (Wildman–Crippen LogP) is 1.68. The van der Waals surface area contributed by atoms with Gasteiger partial charge < -0.3 is 5.11 Å². The van der Waals surface area contributed by atoms with E-state index in [-0.39, 0.29) is 18.0 Å². The van der Waals surface area contributed by atoms with Gasteiger partial charge in [-0.15, -0.1) is 0 Å². The van der Waals surface area contributed by atoms with Gasteiger partial charge in [0.05, 0.1) is 6.42 Å². The largest absolute Gasteiger partial charge is 0.481 e. The van der Waals surface area contributed by atoms with Crippen LogP contribution < -0.4 is 0 Å². The highest BCUT2D eigenvalue weighted by atomic mass is 16.4. The molecule has 0 aliphatic heterocycles. The number of ketones is 2. The van der Waals surface area contributed by atoms with Gasteiger partial charge in [-0.25, -0.2) is 0 Å². The van der Waals surface area contributed by atoms with Crippen LogP contribution in [0.1, 0.15) is 20.3 Å². The fourth-order valence-corrected chi connectivity index (χ4v) is 0.731. The summed E-state index contributed by atoms with van der Waals surface area (Å²) in [5.41, 5.74) is 1.05. The fourth-order valence-electron chi connectivity index (χ4n) is 0.731. The van der Waals surface area contributed by atoms with E-state index in [1.807, 2.05) is 13.8 Å². The zero-order valence-corrected chi connectivity index (χ0v) is 9.27. The maximum absolute atomic E-state index is 10.3. The lowest BCUT2D eigenvalue weighted by Gasteiger charge is -1.87. The van der Waals surface area contributed by atoms with E-state index in [1.165, 1.54) is 24.3 Å². The molecule has 0 spiro atoms. The fraction of sp³-hybridized carbons (Fsp3) is 0.250. The standard InChI is InChI=1S/C6H4O2.C6H10O2/c7-5-1-2-6(8)4-3-5;1-5(2)3-4-6(7)8/h1-4H;3H,4H2,1-2H3,(H,7,8). The molecule has 1 N–H and O–H groups in total. The summed E-state index contributed by atoms with van der Waals surface area (Å²) in [7, 11) is 0. The summed E-state index contributed by atoms with van der Waals surface area (Å²) in [6.45, 7) is 3.76. The molecule has 0 aromatic carbocycles. The van der Waals surface area contributed by atoms with Crippen LogP contribution in [-0.2, 0) is 14.4 Å². The highest BCUT2D eigenvalue weighted by Crippen LogP contribution is 1.91. The second kappa shape index (κ2) is 7.34. The Bertz CT molecular complexity index is 330. The third-order valence-electron chi connectivity index (χ3n) is 1.51. The first-order chi connectivity index (χ1) is 7.41. The molecule has 0 amide bonds. The molecule has 0 heterocycles. The van der Waals surface area contributed by atoms with Gasteiger partial charge in [0, 0.05) is 0 Å². The zero-order valence-electron chi connectivity index (χ0n) is 9.27. The molecule has 1 rings (SSSR count). The highest BCUT2D eigenvalue weighted by Gasteiger charge is 1.97. The Balaban J connectivity index is 0.000000281. The summed E-state index contributed by atoms with van der Waals surface area (Å²) >= 11 is 0. The molecule has 86 valence electrons. The smallest absolute Gasteiger partial charge is 0.307 e. The van der Waals surface area contributed by atoms with Crippen LogP contribution in [0, 0.1) is 0 Å². The lowest BCUT2D eigenvalue weighted by Crippen LogP contribution is -1.97. The van der Waals surface area contributed by atoms with Crippen molar-refractivity contribution in [2.75, 3.05) is 0 Å². The SMILES string of the molecule is CC(C)=CCC(=O)O.O=C1C=CC(=O)C=C1. The summed E-state index contributed by atoms with van der Waals surface area (Å²) in [4.78, 5) is 30.4. The zero-order chi connectivity index (χ0) is 12.6. The second-order valence-corrected chi connectivity index (χ2v) is 3.35. The monoisotopic (exact) mass is 222 g/mol. The molecule has 0 radical (unpaired) electrons. The van der Waals surface area contributed by atoms with Crippen LogP contribution in [0.4, 0.5) is 0 Å². The average molecular weight is 222 g/mol. The lowest BCUT2D eigenvalue weighted by atomic mass is 10.2. The lowest BCUT2D eigenvalue weighted by molar-refractivity contribution is -0.136. The topological polar surface area (TPSA) is 71.4 Å². The molecule has 0 unspecified atom stereocenters. The van der Waals surface area contributed by atoms with Crippen LogP contribution in [0.3, 0.4) is 0 Å². The summed E-state index contributed by atoms with van der Waals surface area (Å²) in [6, 6.07) is 0. The Hall–Kier alpha value is -1.97. The van der Waals surface area contributed by atoms with E-state index < -0.39 is 5.97 Å². The summed E-state index contributed by atoms with van der Waals surface area (Å²) in [6.07, 6.45) is 6.83. The first kappa shape index (κ1) is 14.0. The van der Waals surface area contributed by atoms with Crippen molar-refractivity contribution >= 4 is 17.5 Å². The minimum absolute atomic E-state index is 0.121. The molecule has 0 aromatic heterocycles. The minimum atomic E-state index is -0.772. The van der Waals surface area contributed by atoms with Crippen molar-refractivity contribution in [3.63, 3.8) is 0 Å². The van der Waals surface area contributed by atoms with E-state index in [0.29, 0.717) is 0 Å². The number of carboxylic acids is 1. The van der Waals surface area contributed by atoms with Crippen LogP contribution in [0.5, 0.6) is 0 Å². The number of allylic oxidation sites excluding steroid dienone is 5. The van der Waals surface area contributed by atoms with Crippen molar-refractivity contribution < 1.29 is 19.5 Å².